The van der Waals surface area contributed by atoms with Crippen LogP contribution < -0.4 is 0 Å². The maximum Gasteiger partial charge on any atom is 0.286 e. The molecule has 0 bridgehead atoms. The zero-order chi connectivity index (χ0) is 13.8. The van der Waals surface area contributed by atoms with Gasteiger partial charge in [-0.05, 0) is 30.7 Å². The molecule has 0 radical (unpaired) electrons. The fraction of sp³-hybridized carbons (Fsp3) is 0.143. The zero-order valence-electron chi connectivity index (χ0n) is 10.4. The molecule has 0 aromatic heterocycles. The van der Waals surface area contributed by atoms with Gasteiger partial charge in [-0.25, -0.2) is 0 Å². The van der Waals surface area contributed by atoms with Crippen LogP contribution in [0, 0.1) is 17.0 Å². The summed E-state index contributed by atoms with van der Waals surface area (Å²) in [5, 5.41) is 20.1. The molecular formula is C14H13NO3S. The Kier molecular flexibility index (Phi) is 4.19. The number of rotatable bonds is 4. The number of benzene rings is 2. The Morgan fingerprint density at radius 3 is 2.47 bits per heavy atom. The summed E-state index contributed by atoms with van der Waals surface area (Å²) in [6.45, 7) is 1.73. The Bertz CT molecular complexity index is 596. The monoisotopic (exact) mass is 275 g/mol. The molecule has 0 aliphatic heterocycles. The Morgan fingerprint density at radius 1 is 1.21 bits per heavy atom. The predicted molar refractivity (Wildman–Crippen MR) is 74.3 cm³/mol. The van der Waals surface area contributed by atoms with E-state index in [1.807, 2.05) is 30.3 Å². The van der Waals surface area contributed by atoms with Gasteiger partial charge in [0.05, 0.1) is 16.4 Å². The summed E-state index contributed by atoms with van der Waals surface area (Å²) in [6.07, 6.45) is 0. The van der Waals surface area contributed by atoms with Crippen LogP contribution in [-0.2, 0) is 6.61 Å². The van der Waals surface area contributed by atoms with Crippen LogP contribution in [0.15, 0.2) is 52.3 Å². The third-order valence-corrected chi connectivity index (χ3v) is 3.77. The van der Waals surface area contributed by atoms with E-state index in [9.17, 15) is 10.1 Å². The standard InChI is InChI=1S/C14H13NO3S/c1-10-3-2-4-13(14(10)15(17)18)19-12-7-5-11(9-16)6-8-12/h2-8,16H,9H2,1H3. The second-order valence-corrected chi connectivity index (χ2v) is 5.20. The molecule has 0 fully saturated rings. The van der Waals surface area contributed by atoms with Crippen molar-refractivity contribution in [3.63, 3.8) is 0 Å². The van der Waals surface area contributed by atoms with Gasteiger partial charge in [-0.1, -0.05) is 36.0 Å². The summed E-state index contributed by atoms with van der Waals surface area (Å²) in [4.78, 5) is 12.3. The summed E-state index contributed by atoms with van der Waals surface area (Å²) in [5.41, 5.74) is 1.63. The average Bonchev–Trinajstić information content (AvgIpc) is 2.39. The van der Waals surface area contributed by atoms with Gasteiger partial charge in [-0.2, -0.15) is 0 Å². The van der Waals surface area contributed by atoms with Crippen molar-refractivity contribution in [1.82, 2.24) is 0 Å². The van der Waals surface area contributed by atoms with Crippen LogP contribution in [0.3, 0.4) is 0 Å². The van der Waals surface area contributed by atoms with Crippen molar-refractivity contribution in [3.05, 3.63) is 63.7 Å². The molecule has 2 aromatic carbocycles. The van der Waals surface area contributed by atoms with E-state index < -0.39 is 0 Å². The summed E-state index contributed by atoms with van der Waals surface area (Å²) >= 11 is 1.35. The third-order valence-electron chi connectivity index (χ3n) is 2.72. The Morgan fingerprint density at radius 2 is 1.89 bits per heavy atom. The lowest BCUT2D eigenvalue weighted by Gasteiger charge is -2.05. The Labute approximate surface area is 115 Å². The summed E-state index contributed by atoms with van der Waals surface area (Å²) in [7, 11) is 0. The highest BCUT2D eigenvalue weighted by molar-refractivity contribution is 7.99. The van der Waals surface area contributed by atoms with Crippen molar-refractivity contribution in [3.8, 4) is 0 Å². The fourth-order valence-electron chi connectivity index (χ4n) is 1.74. The van der Waals surface area contributed by atoms with Gasteiger partial charge in [0.2, 0.25) is 0 Å². The number of aliphatic hydroxyl groups is 1. The highest BCUT2D eigenvalue weighted by atomic mass is 32.2. The first-order valence-electron chi connectivity index (χ1n) is 5.73. The molecule has 1 N–H and O–H groups in total. The molecule has 0 aliphatic rings. The van der Waals surface area contributed by atoms with Crippen molar-refractivity contribution in [1.29, 1.82) is 0 Å². The quantitative estimate of drug-likeness (QED) is 0.684. The van der Waals surface area contributed by atoms with E-state index in [-0.39, 0.29) is 17.2 Å². The molecule has 0 unspecified atom stereocenters. The molecule has 0 atom stereocenters. The Balaban J connectivity index is 2.32. The van der Waals surface area contributed by atoms with Crippen LogP contribution in [0.5, 0.6) is 0 Å². The van der Waals surface area contributed by atoms with Gasteiger partial charge in [0.15, 0.2) is 0 Å². The SMILES string of the molecule is Cc1cccc(Sc2ccc(CO)cc2)c1[N+](=O)[O-]. The topological polar surface area (TPSA) is 63.4 Å². The lowest BCUT2D eigenvalue weighted by molar-refractivity contribution is -0.388. The summed E-state index contributed by atoms with van der Waals surface area (Å²) < 4.78 is 0. The van der Waals surface area contributed by atoms with E-state index in [1.54, 1.807) is 19.1 Å². The predicted octanol–water partition coefficient (Wildman–Crippen LogP) is 3.55. The summed E-state index contributed by atoms with van der Waals surface area (Å²) in [5.74, 6) is 0. The van der Waals surface area contributed by atoms with Crippen LogP contribution in [0.2, 0.25) is 0 Å². The molecule has 19 heavy (non-hydrogen) atoms. The van der Waals surface area contributed by atoms with Crippen molar-refractivity contribution in [2.45, 2.75) is 23.3 Å². The molecule has 0 heterocycles. The number of para-hydroxylation sites is 1. The molecule has 2 rings (SSSR count). The molecule has 2 aromatic rings. The largest absolute Gasteiger partial charge is 0.392 e. The first-order chi connectivity index (χ1) is 9.11. The lowest BCUT2D eigenvalue weighted by atomic mass is 10.2. The normalized spacial score (nSPS) is 10.4. The number of hydrogen-bond donors (Lipinski definition) is 1. The van der Waals surface area contributed by atoms with E-state index in [1.165, 1.54) is 11.8 Å². The maximum absolute atomic E-state index is 11.1. The van der Waals surface area contributed by atoms with Gasteiger partial charge in [0.1, 0.15) is 0 Å². The van der Waals surface area contributed by atoms with Crippen molar-refractivity contribution >= 4 is 17.4 Å². The highest BCUT2D eigenvalue weighted by Gasteiger charge is 2.17. The first-order valence-corrected chi connectivity index (χ1v) is 6.55. The van der Waals surface area contributed by atoms with Crippen LogP contribution in [-0.4, -0.2) is 10.0 Å². The van der Waals surface area contributed by atoms with Crippen LogP contribution in [0.25, 0.3) is 0 Å². The van der Waals surface area contributed by atoms with E-state index in [0.717, 1.165) is 10.5 Å². The van der Waals surface area contributed by atoms with Gasteiger partial charge in [-0.3, -0.25) is 10.1 Å². The van der Waals surface area contributed by atoms with E-state index >= 15 is 0 Å². The molecular weight excluding hydrogens is 262 g/mol. The average molecular weight is 275 g/mol. The van der Waals surface area contributed by atoms with Crippen LogP contribution in [0.1, 0.15) is 11.1 Å². The minimum atomic E-state index is -0.347. The minimum absolute atomic E-state index is 0.00443. The number of nitrogens with zero attached hydrogens (tertiary/aromatic N) is 1. The minimum Gasteiger partial charge on any atom is -0.392 e. The maximum atomic E-state index is 11.1. The number of nitro benzene ring substituents is 1. The van der Waals surface area contributed by atoms with Gasteiger partial charge < -0.3 is 5.11 Å². The van der Waals surface area contributed by atoms with Crippen molar-refractivity contribution < 1.29 is 10.0 Å². The van der Waals surface area contributed by atoms with Crippen molar-refractivity contribution in [2.75, 3.05) is 0 Å². The molecule has 4 nitrogen and oxygen atoms in total. The number of aryl methyl sites for hydroxylation is 1. The first kappa shape index (κ1) is 13.6. The van der Waals surface area contributed by atoms with E-state index in [4.69, 9.17) is 5.11 Å². The smallest absolute Gasteiger partial charge is 0.286 e. The molecule has 0 saturated carbocycles. The number of hydrogen-bond acceptors (Lipinski definition) is 4. The number of nitro groups is 1. The van der Waals surface area contributed by atoms with E-state index in [0.29, 0.717) is 10.5 Å². The second-order valence-electron chi connectivity index (χ2n) is 4.08. The molecule has 98 valence electrons. The molecule has 5 heteroatoms. The Hall–Kier alpha value is -1.85. The van der Waals surface area contributed by atoms with Gasteiger partial charge in [0.25, 0.3) is 5.69 Å². The highest BCUT2D eigenvalue weighted by Crippen LogP contribution is 2.36. The lowest BCUT2D eigenvalue weighted by Crippen LogP contribution is -1.93. The molecule has 0 saturated heterocycles. The molecule has 0 spiro atoms. The fourth-order valence-corrected chi connectivity index (χ4v) is 2.74. The molecule has 0 amide bonds. The van der Waals surface area contributed by atoms with Crippen molar-refractivity contribution in [2.24, 2.45) is 0 Å². The molecule has 0 aliphatic carbocycles. The van der Waals surface area contributed by atoms with Gasteiger partial charge >= 0.3 is 0 Å². The van der Waals surface area contributed by atoms with E-state index in [2.05, 4.69) is 0 Å². The number of aliphatic hydroxyl groups excluding tert-OH is 1. The zero-order valence-corrected chi connectivity index (χ0v) is 11.2. The summed E-state index contributed by atoms with van der Waals surface area (Å²) in [6, 6.07) is 12.6. The third kappa shape index (κ3) is 3.13. The van der Waals surface area contributed by atoms with Gasteiger partial charge in [0, 0.05) is 10.5 Å². The van der Waals surface area contributed by atoms with Crippen LogP contribution in [0.4, 0.5) is 5.69 Å². The van der Waals surface area contributed by atoms with Gasteiger partial charge in [-0.15, -0.1) is 0 Å². The second kappa shape index (κ2) is 5.86. The van der Waals surface area contributed by atoms with Crippen LogP contribution >= 0.6 is 11.8 Å².